The van der Waals surface area contributed by atoms with E-state index in [4.69, 9.17) is 10.5 Å². The molecule has 96 valence electrons. The van der Waals surface area contributed by atoms with Crippen LogP contribution in [0.4, 0.5) is 0 Å². The van der Waals surface area contributed by atoms with Gasteiger partial charge < -0.3 is 10.5 Å². The topological polar surface area (TPSA) is 38.5 Å². The van der Waals surface area contributed by atoms with Crippen molar-refractivity contribution in [2.45, 2.75) is 25.4 Å². The van der Waals surface area contributed by atoms with Crippen molar-refractivity contribution in [1.29, 1.82) is 0 Å². The molecule has 0 saturated carbocycles. The SMILES string of the molecule is COc1ccc(CN2CCC[C@@H](N)C2)cc1.Cl. The molecule has 0 aliphatic carbocycles. The summed E-state index contributed by atoms with van der Waals surface area (Å²) in [5, 5.41) is 0. The van der Waals surface area contributed by atoms with Gasteiger partial charge in [0, 0.05) is 19.1 Å². The standard InChI is InChI=1S/C13H20N2O.ClH/c1-16-13-6-4-11(5-7-13)9-15-8-2-3-12(14)10-15;/h4-7,12H,2-3,8-10,14H2,1H3;1H/t12-;/m1./s1. The predicted molar refractivity (Wildman–Crippen MR) is 72.7 cm³/mol. The van der Waals surface area contributed by atoms with Crippen LogP contribution in [0.2, 0.25) is 0 Å². The van der Waals surface area contributed by atoms with Crippen LogP contribution in [0, 0.1) is 0 Å². The molecule has 4 heteroatoms. The lowest BCUT2D eigenvalue weighted by Gasteiger charge is -2.30. The molecule has 1 aliphatic heterocycles. The fourth-order valence-corrected chi connectivity index (χ4v) is 2.22. The Balaban J connectivity index is 0.00000144. The number of piperidine rings is 1. The maximum atomic E-state index is 5.96. The molecule has 1 atom stereocenters. The average Bonchev–Trinajstić information content (AvgIpc) is 2.30. The summed E-state index contributed by atoms with van der Waals surface area (Å²) in [7, 11) is 1.69. The van der Waals surface area contributed by atoms with Crippen LogP contribution in [-0.4, -0.2) is 31.1 Å². The van der Waals surface area contributed by atoms with E-state index in [2.05, 4.69) is 17.0 Å². The van der Waals surface area contributed by atoms with E-state index in [9.17, 15) is 0 Å². The van der Waals surface area contributed by atoms with Crippen LogP contribution in [0.5, 0.6) is 5.75 Å². The summed E-state index contributed by atoms with van der Waals surface area (Å²) in [5.74, 6) is 0.916. The van der Waals surface area contributed by atoms with Crippen molar-refractivity contribution in [3.05, 3.63) is 29.8 Å². The minimum atomic E-state index is 0. The molecule has 1 heterocycles. The van der Waals surface area contributed by atoms with Gasteiger partial charge in [-0.1, -0.05) is 12.1 Å². The number of methoxy groups -OCH3 is 1. The second-order valence-electron chi connectivity index (χ2n) is 4.49. The molecular weight excluding hydrogens is 236 g/mol. The van der Waals surface area contributed by atoms with Gasteiger partial charge in [-0.25, -0.2) is 0 Å². The number of halogens is 1. The summed E-state index contributed by atoms with van der Waals surface area (Å²) in [6, 6.07) is 8.63. The third kappa shape index (κ3) is 4.19. The zero-order chi connectivity index (χ0) is 11.4. The number of nitrogens with zero attached hydrogens (tertiary/aromatic N) is 1. The molecule has 0 bridgehead atoms. The van der Waals surface area contributed by atoms with E-state index in [0.717, 1.165) is 18.8 Å². The van der Waals surface area contributed by atoms with E-state index >= 15 is 0 Å². The highest BCUT2D eigenvalue weighted by Crippen LogP contribution is 2.15. The molecule has 1 aromatic carbocycles. The van der Waals surface area contributed by atoms with Crippen molar-refractivity contribution < 1.29 is 4.74 Å². The maximum Gasteiger partial charge on any atom is 0.118 e. The Hall–Kier alpha value is -0.770. The van der Waals surface area contributed by atoms with Gasteiger partial charge in [0.15, 0.2) is 0 Å². The first-order chi connectivity index (χ1) is 7.78. The summed E-state index contributed by atoms with van der Waals surface area (Å²) in [6.45, 7) is 3.18. The first-order valence-corrected chi connectivity index (χ1v) is 5.89. The summed E-state index contributed by atoms with van der Waals surface area (Å²) in [4.78, 5) is 2.43. The van der Waals surface area contributed by atoms with Crippen LogP contribution in [0.1, 0.15) is 18.4 Å². The predicted octanol–water partition coefficient (Wildman–Crippen LogP) is 2.04. The molecule has 1 saturated heterocycles. The average molecular weight is 257 g/mol. The molecule has 1 aromatic rings. The zero-order valence-corrected chi connectivity index (χ0v) is 11.1. The lowest BCUT2D eigenvalue weighted by molar-refractivity contribution is 0.201. The van der Waals surface area contributed by atoms with Gasteiger partial charge in [-0.3, -0.25) is 4.90 Å². The van der Waals surface area contributed by atoms with Crippen molar-refractivity contribution in [3.63, 3.8) is 0 Å². The van der Waals surface area contributed by atoms with Gasteiger partial charge in [-0.2, -0.15) is 0 Å². The van der Waals surface area contributed by atoms with Gasteiger partial charge in [0.05, 0.1) is 7.11 Å². The molecule has 0 amide bonds. The quantitative estimate of drug-likeness (QED) is 0.900. The van der Waals surface area contributed by atoms with Crippen LogP contribution < -0.4 is 10.5 Å². The number of hydrogen-bond donors (Lipinski definition) is 1. The number of ether oxygens (including phenoxy) is 1. The van der Waals surface area contributed by atoms with Crippen molar-refractivity contribution >= 4 is 12.4 Å². The molecule has 0 spiro atoms. The van der Waals surface area contributed by atoms with Crippen LogP contribution in [0.25, 0.3) is 0 Å². The third-order valence-corrected chi connectivity index (χ3v) is 3.11. The summed E-state index contributed by atoms with van der Waals surface area (Å²) in [5.41, 5.74) is 7.29. The molecule has 2 rings (SSSR count). The second-order valence-corrected chi connectivity index (χ2v) is 4.49. The minimum absolute atomic E-state index is 0. The van der Waals surface area contributed by atoms with Gasteiger partial charge in [-0.05, 0) is 37.1 Å². The number of hydrogen-bond acceptors (Lipinski definition) is 3. The van der Waals surface area contributed by atoms with Gasteiger partial charge in [0.2, 0.25) is 0 Å². The van der Waals surface area contributed by atoms with Crippen molar-refractivity contribution in [2.75, 3.05) is 20.2 Å². The van der Waals surface area contributed by atoms with Gasteiger partial charge >= 0.3 is 0 Å². The molecular formula is C13H21ClN2O. The largest absolute Gasteiger partial charge is 0.497 e. The van der Waals surface area contributed by atoms with E-state index in [1.807, 2.05) is 12.1 Å². The highest BCUT2D eigenvalue weighted by molar-refractivity contribution is 5.85. The first-order valence-electron chi connectivity index (χ1n) is 5.89. The third-order valence-electron chi connectivity index (χ3n) is 3.11. The Kier molecular flexibility index (Phi) is 5.75. The van der Waals surface area contributed by atoms with E-state index < -0.39 is 0 Å². The van der Waals surface area contributed by atoms with Gasteiger partial charge in [0.1, 0.15) is 5.75 Å². The normalized spacial score (nSPS) is 20.7. The van der Waals surface area contributed by atoms with E-state index in [1.165, 1.54) is 24.9 Å². The molecule has 0 radical (unpaired) electrons. The number of likely N-dealkylation sites (tertiary alicyclic amines) is 1. The highest BCUT2D eigenvalue weighted by Gasteiger charge is 2.16. The molecule has 3 nitrogen and oxygen atoms in total. The number of rotatable bonds is 3. The molecule has 0 unspecified atom stereocenters. The fraction of sp³-hybridized carbons (Fsp3) is 0.538. The van der Waals surface area contributed by atoms with E-state index in [-0.39, 0.29) is 12.4 Å². The first kappa shape index (κ1) is 14.3. The summed E-state index contributed by atoms with van der Waals surface area (Å²) in [6.07, 6.45) is 2.39. The van der Waals surface area contributed by atoms with Crippen molar-refractivity contribution in [2.24, 2.45) is 5.73 Å². The lowest BCUT2D eigenvalue weighted by atomic mass is 10.1. The molecule has 1 aliphatic rings. The fourth-order valence-electron chi connectivity index (χ4n) is 2.22. The molecule has 0 aromatic heterocycles. The Morgan fingerprint density at radius 3 is 2.65 bits per heavy atom. The molecule has 2 N–H and O–H groups in total. The second kappa shape index (κ2) is 6.84. The highest BCUT2D eigenvalue weighted by atomic mass is 35.5. The summed E-state index contributed by atoms with van der Waals surface area (Å²) < 4.78 is 5.14. The Morgan fingerprint density at radius 1 is 1.35 bits per heavy atom. The molecule has 1 fully saturated rings. The summed E-state index contributed by atoms with van der Waals surface area (Å²) >= 11 is 0. The van der Waals surface area contributed by atoms with Crippen molar-refractivity contribution in [1.82, 2.24) is 4.90 Å². The van der Waals surface area contributed by atoms with Gasteiger partial charge in [-0.15, -0.1) is 12.4 Å². The van der Waals surface area contributed by atoms with Crippen LogP contribution in [0.15, 0.2) is 24.3 Å². The Labute approximate surface area is 109 Å². The van der Waals surface area contributed by atoms with Gasteiger partial charge in [0.25, 0.3) is 0 Å². The van der Waals surface area contributed by atoms with Crippen molar-refractivity contribution in [3.8, 4) is 5.75 Å². The Bertz CT molecular complexity index is 329. The zero-order valence-electron chi connectivity index (χ0n) is 10.3. The Morgan fingerprint density at radius 2 is 2.06 bits per heavy atom. The van der Waals surface area contributed by atoms with E-state index in [0.29, 0.717) is 6.04 Å². The lowest BCUT2D eigenvalue weighted by Crippen LogP contribution is -2.42. The van der Waals surface area contributed by atoms with Crippen LogP contribution in [-0.2, 0) is 6.54 Å². The minimum Gasteiger partial charge on any atom is -0.497 e. The molecule has 17 heavy (non-hydrogen) atoms. The monoisotopic (exact) mass is 256 g/mol. The smallest absolute Gasteiger partial charge is 0.118 e. The van der Waals surface area contributed by atoms with E-state index in [1.54, 1.807) is 7.11 Å². The van der Waals surface area contributed by atoms with Crippen LogP contribution >= 0.6 is 12.4 Å². The number of benzene rings is 1. The van der Waals surface area contributed by atoms with Crippen LogP contribution in [0.3, 0.4) is 0 Å². The maximum absolute atomic E-state index is 5.96. The number of nitrogens with two attached hydrogens (primary N) is 1.